The topological polar surface area (TPSA) is 37.4 Å². The summed E-state index contributed by atoms with van der Waals surface area (Å²) < 4.78 is 0. The number of likely N-dealkylation sites (tertiary alicyclic amines) is 1. The zero-order chi connectivity index (χ0) is 13.4. The van der Waals surface area contributed by atoms with Crippen molar-refractivity contribution in [3.8, 4) is 0 Å². The highest BCUT2D eigenvalue weighted by Gasteiger charge is 2.47. The van der Waals surface area contributed by atoms with Crippen LogP contribution in [0.25, 0.3) is 0 Å². The van der Waals surface area contributed by atoms with E-state index in [1.165, 1.54) is 4.90 Å². The van der Waals surface area contributed by atoms with Gasteiger partial charge in [-0.1, -0.05) is 37.3 Å². The Hall–Kier alpha value is -1.90. The van der Waals surface area contributed by atoms with E-state index in [0.717, 1.165) is 12.8 Å². The normalized spacial score (nSPS) is 29.4. The molecule has 0 unspecified atom stereocenters. The lowest BCUT2D eigenvalue weighted by Gasteiger charge is -2.26. The molecule has 3 heteroatoms. The molecule has 3 rings (SSSR count). The fraction of sp³-hybridized carbons (Fsp3) is 0.375. The van der Waals surface area contributed by atoms with Gasteiger partial charge in [0, 0.05) is 11.5 Å². The highest BCUT2D eigenvalue weighted by Crippen LogP contribution is 2.38. The van der Waals surface area contributed by atoms with Gasteiger partial charge in [-0.15, -0.1) is 0 Å². The number of rotatable bonds is 1. The van der Waals surface area contributed by atoms with Gasteiger partial charge in [0.05, 0.1) is 6.04 Å². The van der Waals surface area contributed by atoms with Crippen LogP contribution < -0.4 is 0 Å². The fourth-order valence-electron chi connectivity index (χ4n) is 3.17. The van der Waals surface area contributed by atoms with Crippen molar-refractivity contribution in [2.45, 2.75) is 25.8 Å². The number of fused-ring (bicyclic) bond motifs is 1. The molecule has 0 aromatic heterocycles. The van der Waals surface area contributed by atoms with E-state index in [1.807, 2.05) is 31.2 Å². The molecular formula is C16H17NO2. The van der Waals surface area contributed by atoms with E-state index in [4.69, 9.17) is 0 Å². The average molecular weight is 255 g/mol. The molecule has 1 aromatic rings. The van der Waals surface area contributed by atoms with Crippen molar-refractivity contribution in [1.29, 1.82) is 0 Å². The first kappa shape index (κ1) is 12.2. The predicted octanol–water partition coefficient (Wildman–Crippen LogP) is 2.64. The molecule has 1 aromatic carbocycles. The van der Waals surface area contributed by atoms with Crippen LogP contribution in [0, 0.1) is 11.8 Å². The largest absolute Gasteiger partial charge is 0.274 e. The SMILES string of the molecule is C[C@H]1C(=O)N(C(=O)c2ccccc2)[C@H]2C=CCC[C@@H]12. The maximum Gasteiger partial charge on any atom is 0.261 e. The molecule has 2 aliphatic rings. The minimum Gasteiger partial charge on any atom is -0.274 e. The lowest BCUT2D eigenvalue weighted by Crippen LogP contribution is -2.40. The summed E-state index contributed by atoms with van der Waals surface area (Å²) in [5, 5.41) is 0. The zero-order valence-corrected chi connectivity index (χ0v) is 11.0. The van der Waals surface area contributed by atoms with E-state index in [9.17, 15) is 9.59 Å². The van der Waals surface area contributed by atoms with Crippen molar-refractivity contribution < 1.29 is 9.59 Å². The molecule has 0 saturated carbocycles. The lowest BCUT2D eigenvalue weighted by molar-refractivity contribution is -0.129. The van der Waals surface area contributed by atoms with Gasteiger partial charge in [0.25, 0.3) is 5.91 Å². The van der Waals surface area contributed by atoms with Crippen LogP contribution in [0.1, 0.15) is 30.1 Å². The third kappa shape index (κ3) is 1.89. The summed E-state index contributed by atoms with van der Waals surface area (Å²) in [6.45, 7) is 1.94. The molecule has 0 N–H and O–H groups in total. The first-order valence-electron chi connectivity index (χ1n) is 6.79. The molecule has 0 spiro atoms. The van der Waals surface area contributed by atoms with Crippen LogP contribution in [0.15, 0.2) is 42.5 Å². The molecule has 3 nitrogen and oxygen atoms in total. The van der Waals surface area contributed by atoms with Crippen molar-refractivity contribution in [3.05, 3.63) is 48.0 Å². The van der Waals surface area contributed by atoms with Crippen molar-refractivity contribution in [2.24, 2.45) is 11.8 Å². The molecular weight excluding hydrogens is 238 g/mol. The Morgan fingerprint density at radius 3 is 2.74 bits per heavy atom. The number of benzene rings is 1. The van der Waals surface area contributed by atoms with Gasteiger partial charge in [0.2, 0.25) is 5.91 Å². The minimum atomic E-state index is -0.170. The third-order valence-corrected chi connectivity index (χ3v) is 4.25. The van der Waals surface area contributed by atoms with Gasteiger partial charge < -0.3 is 0 Å². The van der Waals surface area contributed by atoms with Crippen LogP contribution in [0.5, 0.6) is 0 Å². The van der Waals surface area contributed by atoms with Crippen molar-refractivity contribution >= 4 is 11.8 Å². The maximum absolute atomic E-state index is 12.5. The molecule has 1 saturated heterocycles. The summed E-state index contributed by atoms with van der Waals surface area (Å²) in [6, 6.07) is 9.00. The minimum absolute atomic E-state index is 0.0320. The first-order valence-corrected chi connectivity index (χ1v) is 6.79. The third-order valence-electron chi connectivity index (χ3n) is 4.25. The molecule has 1 heterocycles. The number of carbonyl (C=O) groups is 2. The standard InChI is InChI=1S/C16H17NO2/c1-11-13-9-5-6-10-14(13)17(15(11)18)16(19)12-7-3-2-4-8-12/h2-4,6-8,10-11,13-14H,5,9H2,1H3/t11-,13+,14+/m1/s1. The average Bonchev–Trinajstić information content (AvgIpc) is 2.72. The number of nitrogens with zero attached hydrogens (tertiary/aromatic N) is 1. The number of hydrogen-bond donors (Lipinski definition) is 0. The lowest BCUT2D eigenvalue weighted by atomic mass is 9.84. The Labute approximate surface area is 112 Å². The fourth-order valence-corrected chi connectivity index (χ4v) is 3.17. The smallest absolute Gasteiger partial charge is 0.261 e. The number of hydrogen-bond acceptors (Lipinski definition) is 2. The van der Waals surface area contributed by atoms with E-state index in [0.29, 0.717) is 5.56 Å². The molecule has 2 amide bonds. The Morgan fingerprint density at radius 1 is 1.26 bits per heavy atom. The van der Waals surface area contributed by atoms with Gasteiger partial charge in [-0.2, -0.15) is 0 Å². The van der Waals surface area contributed by atoms with E-state index in [1.54, 1.807) is 12.1 Å². The van der Waals surface area contributed by atoms with Crippen LogP contribution >= 0.6 is 0 Å². The van der Waals surface area contributed by atoms with Gasteiger partial charge >= 0.3 is 0 Å². The van der Waals surface area contributed by atoms with Gasteiger partial charge in [-0.05, 0) is 30.9 Å². The first-order chi connectivity index (χ1) is 9.20. The van der Waals surface area contributed by atoms with E-state index in [-0.39, 0.29) is 29.7 Å². The number of amides is 2. The van der Waals surface area contributed by atoms with Crippen molar-refractivity contribution in [2.75, 3.05) is 0 Å². The van der Waals surface area contributed by atoms with Crippen LogP contribution in [0.2, 0.25) is 0 Å². The van der Waals surface area contributed by atoms with Crippen LogP contribution in [0.4, 0.5) is 0 Å². The van der Waals surface area contributed by atoms with Gasteiger partial charge in [0.15, 0.2) is 0 Å². The summed E-state index contributed by atoms with van der Waals surface area (Å²) >= 11 is 0. The molecule has 19 heavy (non-hydrogen) atoms. The Balaban J connectivity index is 1.95. The summed E-state index contributed by atoms with van der Waals surface area (Å²) in [7, 11) is 0. The molecule has 1 fully saturated rings. The molecule has 98 valence electrons. The van der Waals surface area contributed by atoms with Crippen LogP contribution in [-0.4, -0.2) is 22.8 Å². The predicted molar refractivity (Wildman–Crippen MR) is 72.4 cm³/mol. The number of allylic oxidation sites excluding steroid dienone is 1. The van der Waals surface area contributed by atoms with Crippen LogP contribution in [-0.2, 0) is 4.79 Å². The summed E-state index contributed by atoms with van der Waals surface area (Å²) in [4.78, 5) is 26.3. The molecule has 1 aliphatic carbocycles. The number of carbonyl (C=O) groups excluding carboxylic acids is 2. The number of imide groups is 1. The van der Waals surface area contributed by atoms with Crippen molar-refractivity contribution in [1.82, 2.24) is 4.90 Å². The summed E-state index contributed by atoms with van der Waals surface area (Å²) in [5.41, 5.74) is 0.586. The van der Waals surface area contributed by atoms with E-state index in [2.05, 4.69) is 6.08 Å². The van der Waals surface area contributed by atoms with Gasteiger partial charge in [0.1, 0.15) is 0 Å². The monoisotopic (exact) mass is 255 g/mol. The quantitative estimate of drug-likeness (QED) is 0.571. The second-order valence-electron chi connectivity index (χ2n) is 5.33. The Morgan fingerprint density at radius 2 is 2.00 bits per heavy atom. The second-order valence-corrected chi connectivity index (χ2v) is 5.33. The van der Waals surface area contributed by atoms with E-state index < -0.39 is 0 Å². The summed E-state index contributed by atoms with van der Waals surface area (Å²) in [6.07, 6.45) is 6.10. The molecule has 0 bridgehead atoms. The Kier molecular flexibility index (Phi) is 2.97. The Bertz CT molecular complexity index is 535. The van der Waals surface area contributed by atoms with Crippen molar-refractivity contribution in [3.63, 3.8) is 0 Å². The second kappa shape index (κ2) is 4.65. The van der Waals surface area contributed by atoms with E-state index >= 15 is 0 Å². The molecule has 0 radical (unpaired) electrons. The molecule has 1 aliphatic heterocycles. The van der Waals surface area contributed by atoms with Gasteiger partial charge in [-0.25, -0.2) is 0 Å². The highest BCUT2D eigenvalue weighted by molar-refractivity contribution is 6.07. The summed E-state index contributed by atoms with van der Waals surface area (Å²) in [5.74, 6) is 0.0275. The molecule has 3 atom stereocenters. The maximum atomic E-state index is 12.5. The van der Waals surface area contributed by atoms with Gasteiger partial charge in [-0.3, -0.25) is 14.5 Å². The van der Waals surface area contributed by atoms with Crippen LogP contribution in [0.3, 0.4) is 0 Å². The highest BCUT2D eigenvalue weighted by atomic mass is 16.2. The zero-order valence-electron chi connectivity index (χ0n) is 11.0.